The van der Waals surface area contributed by atoms with E-state index in [1.54, 1.807) is 0 Å². The van der Waals surface area contributed by atoms with Crippen molar-refractivity contribution >= 4 is 0 Å². The molecule has 2 aliphatic carbocycles. The Balaban J connectivity index is 1.83. The largest absolute Gasteiger partial charge is 0.313 e. The lowest BCUT2D eigenvalue weighted by molar-refractivity contribution is 0.246. The molecule has 2 fully saturated rings. The normalized spacial score (nSPS) is 32.2. The second-order valence-electron chi connectivity index (χ2n) is 6.83. The number of rotatable bonds is 4. The third-order valence-electron chi connectivity index (χ3n) is 5.07. The Morgan fingerprint density at radius 1 is 1.20 bits per heavy atom. The summed E-state index contributed by atoms with van der Waals surface area (Å²) in [5.41, 5.74) is 1.20. The van der Waals surface area contributed by atoms with Gasteiger partial charge in [-0.25, -0.2) is 0 Å². The van der Waals surface area contributed by atoms with Gasteiger partial charge in [0.15, 0.2) is 0 Å². The Kier molecular flexibility index (Phi) is 2.87. The van der Waals surface area contributed by atoms with Crippen LogP contribution in [0.5, 0.6) is 0 Å². The average Bonchev–Trinajstić information content (AvgIpc) is 2.85. The minimum Gasteiger partial charge on any atom is -0.313 e. The van der Waals surface area contributed by atoms with Crippen LogP contribution in [0.3, 0.4) is 0 Å². The van der Waals surface area contributed by atoms with Crippen molar-refractivity contribution in [1.29, 1.82) is 0 Å². The first-order valence-electron chi connectivity index (χ1n) is 6.70. The lowest BCUT2D eigenvalue weighted by Crippen LogP contribution is -2.41. The van der Waals surface area contributed by atoms with E-state index in [-0.39, 0.29) is 0 Å². The summed E-state index contributed by atoms with van der Waals surface area (Å²) in [5, 5.41) is 3.86. The van der Waals surface area contributed by atoms with E-state index in [9.17, 15) is 0 Å². The molecule has 0 aromatic carbocycles. The molecule has 1 N–H and O–H groups in total. The van der Waals surface area contributed by atoms with Crippen molar-refractivity contribution in [1.82, 2.24) is 5.32 Å². The molecule has 88 valence electrons. The Labute approximate surface area is 95.0 Å². The van der Waals surface area contributed by atoms with E-state index in [2.05, 4.69) is 33.0 Å². The first-order valence-corrected chi connectivity index (χ1v) is 6.70. The Hall–Kier alpha value is -0.0400. The maximum atomic E-state index is 3.86. The third kappa shape index (κ3) is 2.22. The highest BCUT2D eigenvalue weighted by Crippen LogP contribution is 2.51. The fraction of sp³-hybridized carbons (Fsp3) is 1.00. The van der Waals surface area contributed by atoms with Gasteiger partial charge in [0, 0.05) is 12.6 Å². The van der Waals surface area contributed by atoms with Crippen LogP contribution in [-0.4, -0.2) is 12.6 Å². The van der Waals surface area contributed by atoms with E-state index in [1.807, 2.05) is 0 Å². The predicted molar refractivity (Wildman–Crippen MR) is 65.9 cm³/mol. The molecule has 1 nitrogen and oxygen atoms in total. The molecule has 0 aromatic heterocycles. The van der Waals surface area contributed by atoms with Crippen molar-refractivity contribution in [2.24, 2.45) is 16.7 Å². The highest BCUT2D eigenvalue weighted by atomic mass is 15.0. The maximum Gasteiger partial charge on any atom is 0.0118 e. The molecule has 2 saturated carbocycles. The molecule has 1 heteroatoms. The van der Waals surface area contributed by atoms with Crippen molar-refractivity contribution < 1.29 is 0 Å². The molecule has 1 atom stereocenters. The Morgan fingerprint density at radius 2 is 1.87 bits per heavy atom. The average molecular weight is 209 g/mol. The van der Waals surface area contributed by atoms with Crippen molar-refractivity contribution in [3.63, 3.8) is 0 Å². The summed E-state index contributed by atoms with van der Waals surface area (Å²) in [6.45, 7) is 10.9. The second kappa shape index (κ2) is 3.76. The van der Waals surface area contributed by atoms with Crippen molar-refractivity contribution in [2.45, 2.75) is 65.8 Å². The summed E-state index contributed by atoms with van der Waals surface area (Å²) in [5.74, 6) is 0.856. The molecule has 0 spiro atoms. The molecule has 0 bridgehead atoms. The molecule has 1 unspecified atom stereocenters. The molecule has 2 rings (SSSR count). The van der Waals surface area contributed by atoms with E-state index >= 15 is 0 Å². The van der Waals surface area contributed by atoms with Crippen LogP contribution >= 0.6 is 0 Å². The van der Waals surface area contributed by atoms with Gasteiger partial charge in [0.1, 0.15) is 0 Å². The van der Waals surface area contributed by atoms with Crippen LogP contribution in [-0.2, 0) is 0 Å². The van der Waals surface area contributed by atoms with Gasteiger partial charge in [0.05, 0.1) is 0 Å². The van der Waals surface area contributed by atoms with Crippen LogP contribution in [0.15, 0.2) is 0 Å². The summed E-state index contributed by atoms with van der Waals surface area (Å²) in [4.78, 5) is 0. The first-order chi connectivity index (χ1) is 6.96. The highest BCUT2D eigenvalue weighted by Gasteiger charge is 2.46. The zero-order valence-electron chi connectivity index (χ0n) is 10.9. The van der Waals surface area contributed by atoms with Crippen LogP contribution in [0.25, 0.3) is 0 Å². The van der Waals surface area contributed by atoms with Gasteiger partial charge in [-0.05, 0) is 42.4 Å². The molecular weight excluding hydrogens is 182 g/mol. The second-order valence-corrected chi connectivity index (χ2v) is 6.83. The number of nitrogens with one attached hydrogen (secondary N) is 1. The maximum absolute atomic E-state index is 3.86. The zero-order valence-corrected chi connectivity index (χ0v) is 10.9. The van der Waals surface area contributed by atoms with E-state index in [0.29, 0.717) is 10.8 Å². The van der Waals surface area contributed by atoms with E-state index in [1.165, 1.54) is 38.6 Å². The van der Waals surface area contributed by atoms with Gasteiger partial charge in [-0.3, -0.25) is 0 Å². The van der Waals surface area contributed by atoms with Gasteiger partial charge < -0.3 is 5.32 Å². The van der Waals surface area contributed by atoms with Crippen LogP contribution < -0.4 is 5.32 Å². The first kappa shape index (κ1) is 11.4. The summed E-state index contributed by atoms with van der Waals surface area (Å²) < 4.78 is 0. The lowest BCUT2D eigenvalue weighted by Gasteiger charge is -2.31. The minimum absolute atomic E-state index is 0.535. The fourth-order valence-electron chi connectivity index (χ4n) is 3.15. The summed E-state index contributed by atoms with van der Waals surface area (Å²) in [6, 6.07) is 0.772. The molecule has 0 amide bonds. The molecule has 0 aromatic rings. The predicted octanol–water partition coefficient (Wildman–Crippen LogP) is 3.59. The van der Waals surface area contributed by atoms with Crippen LogP contribution in [0, 0.1) is 16.7 Å². The van der Waals surface area contributed by atoms with Gasteiger partial charge in [0.25, 0.3) is 0 Å². The number of hydrogen-bond acceptors (Lipinski definition) is 1. The topological polar surface area (TPSA) is 12.0 Å². The fourth-order valence-corrected chi connectivity index (χ4v) is 3.15. The van der Waals surface area contributed by atoms with Crippen LogP contribution in [0.4, 0.5) is 0 Å². The van der Waals surface area contributed by atoms with Gasteiger partial charge in [-0.1, -0.05) is 34.1 Å². The van der Waals surface area contributed by atoms with Gasteiger partial charge in [0.2, 0.25) is 0 Å². The quantitative estimate of drug-likeness (QED) is 0.746. The molecule has 15 heavy (non-hydrogen) atoms. The lowest BCUT2D eigenvalue weighted by atomic mass is 9.86. The minimum atomic E-state index is 0.535. The molecule has 2 aliphatic rings. The molecule has 0 aliphatic heterocycles. The van der Waals surface area contributed by atoms with Crippen molar-refractivity contribution in [3.05, 3.63) is 0 Å². The molecule has 0 radical (unpaired) electrons. The molecule has 0 saturated heterocycles. The Morgan fingerprint density at radius 3 is 2.27 bits per heavy atom. The smallest absolute Gasteiger partial charge is 0.0118 e. The van der Waals surface area contributed by atoms with E-state index < -0.39 is 0 Å². The molecular formula is C14H27N. The van der Waals surface area contributed by atoms with Crippen molar-refractivity contribution in [2.75, 3.05) is 6.54 Å². The zero-order chi connectivity index (χ0) is 11.1. The third-order valence-corrected chi connectivity index (χ3v) is 5.07. The summed E-state index contributed by atoms with van der Waals surface area (Å²) >= 11 is 0. The van der Waals surface area contributed by atoms with Gasteiger partial charge >= 0.3 is 0 Å². The monoisotopic (exact) mass is 209 g/mol. The summed E-state index contributed by atoms with van der Waals surface area (Å²) in [7, 11) is 0. The summed E-state index contributed by atoms with van der Waals surface area (Å²) in [6.07, 6.45) is 7.11. The highest BCUT2D eigenvalue weighted by molar-refractivity contribution is 4.99. The van der Waals surface area contributed by atoms with Crippen LogP contribution in [0.1, 0.15) is 59.8 Å². The number of hydrogen-bond donors (Lipinski definition) is 1. The van der Waals surface area contributed by atoms with Crippen molar-refractivity contribution in [3.8, 4) is 0 Å². The Bertz CT molecular complexity index is 225. The molecule has 0 heterocycles. The van der Waals surface area contributed by atoms with E-state index in [4.69, 9.17) is 0 Å². The SMILES string of the molecule is CC(C)C1(CNC2CCCC2(C)C)CC1. The van der Waals surface area contributed by atoms with Gasteiger partial charge in [-0.15, -0.1) is 0 Å². The van der Waals surface area contributed by atoms with Crippen LogP contribution in [0.2, 0.25) is 0 Å². The van der Waals surface area contributed by atoms with E-state index in [0.717, 1.165) is 12.0 Å². The standard InChI is InChI=1S/C14H27N/c1-11(2)14(8-9-14)10-15-12-6-5-7-13(12,3)4/h11-12,15H,5-10H2,1-4H3. The van der Waals surface area contributed by atoms with Gasteiger partial charge in [-0.2, -0.15) is 0 Å².